The Balaban J connectivity index is 2.31. The van der Waals surface area contributed by atoms with Crippen LogP contribution >= 0.6 is 0 Å². The molecule has 2 aromatic carbocycles. The van der Waals surface area contributed by atoms with E-state index in [4.69, 9.17) is 5.11 Å². The lowest BCUT2D eigenvalue weighted by atomic mass is 9.93. The molecule has 1 heterocycles. The summed E-state index contributed by atoms with van der Waals surface area (Å²) in [5, 5.41) is 15.6. The van der Waals surface area contributed by atoms with E-state index >= 15 is 0 Å². The van der Waals surface area contributed by atoms with Crippen molar-refractivity contribution >= 4 is 16.9 Å². The molecule has 0 fully saturated rings. The molecule has 23 heavy (non-hydrogen) atoms. The summed E-state index contributed by atoms with van der Waals surface area (Å²) in [5.41, 5.74) is 4.82. The van der Waals surface area contributed by atoms with Gasteiger partial charge >= 0.3 is 5.97 Å². The first-order valence-corrected chi connectivity index (χ1v) is 7.22. The van der Waals surface area contributed by atoms with E-state index < -0.39 is 17.1 Å². The Morgan fingerprint density at radius 1 is 1.09 bits per heavy atom. The molecule has 0 aliphatic heterocycles. The largest absolute Gasteiger partial charge is 0.476 e. The molecule has 0 atom stereocenters. The molecule has 0 saturated heterocycles. The van der Waals surface area contributed by atoms with Gasteiger partial charge in [0.1, 0.15) is 0 Å². The summed E-state index contributed by atoms with van der Waals surface area (Å²) in [4.78, 5) is 23.4. The van der Waals surface area contributed by atoms with Crippen LogP contribution in [0.25, 0.3) is 22.0 Å². The number of hydrogen-bond donors (Lipinski definition) is 2. The van der Waals surface area contributed by atoms with Crippen LogP contribution in [0.1, 0.15) is 27.2 Å². The number of carboxylic acids is 1. The van der Waals surface area contributed by atoms with Gasteiger partial charge in [0, 0.05) is 0 Å². The second kappa shape index (κ2) is 5.35. The molecule has 0 spiro atoms. The third kappa shape index (κ3) is 2.50. The van der Waals surface area contributed by atoms with Crippen LogP contribution in [0.5, 0.6) is 0 Å². The lowest BCUT2D eigenvalue weighted by Crippen LogP contribution is -2.18. The van der Waals surface area contributed by atoms with Crippen LogP contribution in [0, 0.1) is 20.8 Å². The molecule has 0 aliphatic rings. The van der Waals surface area contributed by atoms with Crippen molar-refractivity contribution in [3.05, 3.63) is 62.9 Å². The number of nitrogens with zero attached hydrogens (tertiary/aromatic N) is 1. The average molecular weight is 308 g/mol. The molecule has 0 radical (unpaired) electrons. The van der Waals surface area contributed by atoms with Crippen LogP contribution in [0.2, 0.25) is 0 Å². The van der Waals surface area contributed by atoms with E-state index in [1.807, 2.05) is 26.8 Å². The highest BCUT2D eigenvalue weighted by Crippen LogP contribution is 2.29. The minimum absolute atomic E-state index is 0.328. The number of aromatic carboxylic acids is 1. The summed E-state index contributed by atoms with van der Waals surface area (Å²) in [7, 11) is 0. The summed E-state index contributed by atoms with van der Waals surface area (Å²) in [5.74, 6) is -1.33. The topological polar surface area (TPSA) is 83.1 Å². The lowest BCUT2D eigenvalue weighted by Gasteiger charge is -2.12. The molecule has 3 aromatic rings. The molecule has 0 unspecified atom stereocenters. The van der Waals surface area contributed by atoms with Crippen LogP contribution in [0.15, 0.2) is 35.1 Å². The van der Waals surface area contributed by atoms with E-state index in [9.17, 15) is 9.59 Å². The maximum absolute atomic E-state index is 12.3. The number of fused-ring (bicyclic) bond motifs is 1. The number of H-pyrrole nitrogens is 1. The van der Waals surface area contributed by atoms with E-state index in [1.165, 1.54) is 5.56 Å². The van der Waals surface area contributed by atoms with E-state index in [0.717, 1.165) is 22.3 Å². The van der Waals surface area contributed by atoms with Gasteiger partial charge in [-0.1, -0.05) is 23.8 Å². The Morgan fingerprint density at radius 3 is 2.35 bits per heavy atom. The van der Waals surface area contributed by atoms with Gasteiger partial charge in [-0.05, 0) is 55.2 Å². The number of aryl methyl sites for hydroxylation is 3. The Labute approximate surface area is 132 Å². The van der Waals surface area contributed by atoms with E-state index in [0.29, 0.717) is 10.9 Å². The van der Waals surface area contributed by atoms with Gasteiger partial charge in [-0.3, -0.25) is 9.89 Å². The number of nitrogens with one attached hydrogen (secondary N) is 1. The Hall–Kier alpha value is -2.95. The molecule has 116 valence electrons. The smallest absolute Gasteiger partial charge is 0.360 e. The Kier molecular flexibility index (Phi) is 3.48. The van der Waals surface area contributed by atoms with Crippen molar-refractivity contribution in [2.75, 3.05) is 0 Å². The minimum atomic E-state index is -1.33. The Morgan fingerprint density at radius 2 is 1.74 bits per heavy atom. The van der Waals surface area contributed by atoms with Crippen LogP contribution in [-0.4, -0.2) is 21.3 Å². The van der Waals surface area contributed by atoms with E-state index in [-0.39, 0.29) is 0 Å². The van der Waals surface area contributed by atoms with Crippen LogP contribution in [-0.2, 0) is 0 Å². The molecule has 1 aromatic heterocycles. The summed E-state index contributed by atoms with van der Waals surface area (Å²) >= 11 is 0. The highest BCUT2D eigenvalue weighted by Gasteiger charge is 2.15. The maximum atomic E-state index is 12.3. The SMILES string of the molecule is Cc1cc(C)c(-c2ccc3[nH]nc(C(=O)O)c(=O)c3c2)c(C)c1. The number of benzene rings is 2. The normalized spacial score (nSPS) is 10.9. The fourth-order valence-corrected chi connectivity index (χ4v) is 3.06. The molecule has 0 saturated carbocycles. The summed E-state index contributed by atoms with van der Waals surface area (Å²) in [6, 6.07) is 9.57. The molecule has 3 rings (SSSR count). The monoisotopic (exact) mass is 308 g/mol. The van der Waals surface area contributed by atoms with E-state index in [2.05, 4.69) is 22.3 Å². The fraction of sp³-hybridized carbons (Fsp3) is 0.167. The zero-order chi connectivity index (χ0) is 16.7. The zero-order valence-corrected chi connectivity index (χ0v) is 13.1. The van der Waals surface area contributed by atoms with Gasteiger partial charge < -0.3 is 5.11 Å². The first-order chi connectivity index (χ1) is 10.9. The second-order valence-corrected chi connectivity index (χ2v) is 5.74. The number of rotatable bonds is 2. The van der Waals surface area contributed by atoms with Gasteiger partial charge in [0.05, 0.1) is 10.9 Å². The second-order valence-electron chi connectivity index (χ2n) is 5.74. The standard InChI is InChI=1S/C18H16N2O3/c1-9-6-10(2)15(11(3)7-9)12-4-5-14-13(8-12)17(21)16(18(22)23)20-19-14/h4-8H,1-3H3,(H,19,21)(H,22,23). The predicted molar refractivity (Wildman–Crippen MR) is 89.0 cm³/mol. The summed E-state index contributed by atoms with van der Waals surface area (Å²) in [6.45, 7) is 6.09. The van der Waals surface area contributed by atoms with Crippen molar-refractivity contribution in [3.8, 4) is 11.1 Å². The van der Waals surface area contributed by atoms with Crippen LogP contribution in [0.4, 0.5) is 0 Å². The zero-order valence-electron chi connectivity index (χ0n) is 13.1. The third-order valence-corrected chi connectivity index (χ3v) is 3.94. The highest BCUT2D eigenvalue weighted by molar-refractivity contribution is 5.92. The predicted octanol–water partition coefficient (Wildman–Crippen LogP) is 3.21. The third-order valence-electron chi connectivity index (χ3n) is 3.94. The van der Waals surface area contributed by atoms with Gasteiger partial charge in [-0.2, -0.15) is 5.10 Å². The highest BCUT2D eigenvalue weighted by atomic mass is 16.4. The molecule has 0 aliphatic carbocycles. The average Bonchev–Trinajstić information content (AvgIpc) is 2.46. The number of carbonyl (C=O) groups is 1. The first kappa shape index (κ1) is 15.0. The Bertz CT molecular complexity index is 980. The molecular weight excluding hydrogens is 292 g/mol. The molecule has 5 heteroatoms. The molecule has 0 amide bonds. The van der Waals surface area contributed by atoms with Crippen molar-refractivity contribution in [2.24, 2.45) is 0 Å². The summed E-state index contributed by atoms with van der Waals surface area (Å²) < 4.78 is 0. The van der Waals surface area contributed by atoms with Crippen molar-refractivity contribution in [1.29, 1.82) is 0 Å². The molecule has 0 bridgehead atoms. The van der Waals surface area contributed by atoms with Crippen molar-refractivity contribution in [2.45, 2.75) is 20.8 Å². The van der Waals surface area contributed by atoms with Crippen molar-refractivity contribution < 1.29 is 9.90 Å². The van der Waals surface area contributed by atoms with Gasteiger partial charge in [-0.25, -0.2) is 4.79 Å². The van der Waals surface area contributed by atoms with E-state index in [1.54, 1.807) is 12.1 Å². The quantitative estimate of drug-likeness (QED) is 0.761. The minimum Gasteiger partial charge on any atom is -0.476 e. The number of hydrogen-bond acceptors (Lipinski definition) is 3. The number of aromatic nitrogens is 2. The molecule has 5 nitrogen and oxygen atoms in total. The van der Waals surface area contributed by atoms with Gasteiger partial charge in [-0.15, -0.1) is 0 Å². The van der Waals surface area contributed by atoms with Crippen molar-refractivity contribution in [3.63, 3.8) is 0 Å². The van der Waals surface area contributed by atoms with Crippen LogP contribution in [0.3, 0.4) is 0 Å². The van der Waals surface area contributed by atoms with Crippen LogP contribution < -0.4 is 5.43 Å². The first-order valence-electron chi connectivity index (χ1n) is 7.22. The van der Waals surface area contributed by atoms with Crippen molar-refractivity contribution in [1.82, 2.24) is 10.2 Å². The lowest BCUT2D eigenvalue weighted by molar-refractivity contribution is 0.0688. The van der Waals surface area contributed by atoms with Gasteiger partial charge in [0.2, 0.25) is 11.1 Å². The molecule has 2 N–H and O–H groups in total. The summed E-state index contributed by atoms with van der Waals surface area (Å²) in [6.07, 6.45) is 0. The maximum Gasteiger partial charge on any atom is 0.360 e. The van der Waals surface area contributed by atoms with Gasteiger partial charge in [0.15, 0.2) is 0 Å². The van der Waals surface area contributed by atoms with Gasteiger partial charge in [0.25, 0.3) is 0 Å². The number of aromatic amines is 1. The number of carboxylic acid groups (broad SMARTS) is 1. The fourth-order valence-electron chi connectivity index (χ4n) is 3.06. The molecular formula is C18H16N2O3.